The lowest BCUT2D eigenvalue weighted by Crippen LogP contribution is -2.55. The summed E-state index contributed by atoms with van der Waals surface area (Å²) in [5.41, 5.74) is 0. The molecule has 0 aliphatic rings. The summed E-state index contributed by atoms with van der Waals surface area (Å²) >= 11 is 0. The van der Waals surface area contributed by atoms with E-state index >= 15 is 0 Å². The average molecular weight is 1040 g/mol. The standard InChI is InChI=1S/C54H114O6S4Si2/c1-9-17-23-29-35-41-47-55-65(56-48-42-36-30-24-18-10-2,57-49-43-37-31-25-19-11-3)53(15-7)61-63-64-62-54(16-8)66(58-50-44-38-32-26-20-12-4,59-51-45-39-33-27-21-13-5)60-52-46-40-34-28-22-14-6/h53-54H,9-52H2,1-8H3. The Morgan fingerprint density at radius 3 is 0.576 bits per heavy atom. The first-order chi connectivity index (χ1) is 32.5. The zero-order valence-corrected chi connectivity index (χ0v) is 50.6. The van der Waals surface area contributed by atoms with Crippen LogP contribution in [0.3, 0.4) is 0 Å². The lowest BCUT2D eigenvalue weighted by molar-refractivity contribution is 0.0527. The fourth-order valence-electron chi connectivity index (χ4n) is 8.27. The normalized spacial score (nSPS) is 13.3. The quantitative estimate of drug-likeness (QED) is 0.0334. The maximum atomic E-state index is 7.08. The van der Waals surface area contributed by atoms with Crippen LogP contribution in [0.15, 0.2) is 0 Å². The highest BCUT2D eigenvalue weighted by Gasteiger charge is 2.51. The molecule has 0 aliphatic heterocycles. The molecule has 0 saturated heterocycles. The van der Waals surface area contributed by atoms with Crippen molar-refractivity contribution in [2.45, 2.75) is 309 Å². The molecule has 0 saturated carbocycles. The van der Waals surface area contributed by atoms with Crippen molar-refractivity contribution in [1.82, 2.24) is 0 Å². The molecule has 0 aliphatic carbocycles. The minimum absolute atomic E-state index is 0.176. The molecule has 6 nitrogen and oxygen atoms in total. The van der Waals surface area contributed by atoms with E-state index in [1.165, 1.54) is 193 Å². The fraction of sp³-hybridized carbons (Fsp3) is 1.00. The monoisotopic (exact) mass is 1040 g/mol. The number of hydrogen-bond acceptors (Lipinski definition) is 10. The van der Waals surface area contributed by atoms with Crippen molar-refractivity contribution in [2.75, 3.05) is 39.6 Å². The van der Waals surface area contributed by atoms with Gasteiger partial charge in [-0.2, -0.15) is 0 Å². The molecule has 0 amide bonds. The molecule has 0 aromatic rings. The first kappa shape index (κ1) is 67.6. The molecular weight excluding hydrogens is 929 g/mol. The minimum Gasteiger partial charge on any atom is -0.373 e. The van der Waals surface area contributed by atoms with Crippen LogP contribution in [0.4, 0.5) is 0 Å². The Labute approximate surface area is 431 Å². The Morgan fingerprint density at radius 2 is 0.409 bits per heavy atom. The average Bonchev–Trinajstić information content (AvgIpc) is 3.33. The summed E-state index contributed by atoms with van der Waals surface area (Å²) < 4.78 is 42.5. The van der Waals surface area contributed by atoms with E-state index in [-0.39, 0.29) is 9.75 Å². The second-order valence-electron chi connectivity index (χ2n) is 19.0. The summed E-state index contributed by atoms with van der Waals surface area (Å²) in [7, 11) is 1.64. The SMILES string of the molecule is CCCCCCCCO[Si](OCCCCCCCC)(OCCCCCCCC)C(CC)SSSSC(CC)[Si](OCCCCCCCC)(OCCCCCCCC)OCCCCCCCC. The molecule has 2 atom stereocenters. The molecule has 12 heteroatoms. The zero-order chi connectivity index (χ0) is 48.3. The Kier molecular flexibility index (Phi) is 54.2. The minimum atomic E-state index is -3.02. The van der Waals surface area contributed by atoms with E-state index in [1.807, 2.05) is 41.2 Å². The summed E-state index contributed by atoms with van der Waals surface area (Å²) in [4.78, 5) is 0.352. The van der Waals surface area contributed by atoms with Crippen LogP contribution in [-0.4, -0.2) is 67.0 Å². The van der Waals surface area contributed by atoms with Gasteiger partial charge in [-0.25, -0.2) is 0 Å². The molecule has 0 rings (SSSR count). The van der Waals surface area contributed by atoms with Crippen molar-refractivity contribution in [2.24, 2.45) is 0 Å². The molecule has 0 bridgehead atoms. The van der Waals surface area contributed by atoms with Crippen LogP contribution >= 0.6 is 41.2 Å². The van der Waals surface area contributed by atoms with Gasteiger partial charge in [-0.1, -0.05) is 270 Å². The van der Waals surface area contributed by atoms with E-state index in [2.05, 4.69) is 55.4 Å². The second-order valence-corrected chi connectivity index (χ2v) is 31.6. The summed E-state index contributed by atoms with van der Waals surface area (Å²) in [5.74, 6) is 0. The van der Waals surface area contributed by atoms with E-state index in [4.69, 9.17) is 26.6 Å². The van der Waals surface area contributed by atoms with Crippen molar-refractivity contribution >= 4 is 58.8 Å². The number of hydrogen-bond donors (Lipinski definition) is 0. The number of unbranched alkanes of at least 4 members (excludes halogenated alkanes) is 30. The van der Waals surface area contributed by atoms with E-state index < -0.39 is 17.6 Å². The van der Waals surface area contributed by atoms with Gasteiger partial charge in [0, 0.05) is 39.6 Å². The summed E-state index contributed by atoms with van der Waals surface area (Å²) in [6, 6.07) is 0. The molecule has 2 unspecified atom stereocenters. The van der Waals surface area contributed by atoms with E-state index in [9.17, 15) is 0 Å². The van der Waals surface area contributed by atoms with Crippen molar-refractivity contribution < 1.29 is 26.6 Å². The molecule has 0 aromatic carbocycles. The molecular formula is C54H114O6S4Si2. The van der Waals surface area contributed by atoms with Gasteiger partial charge in [0.1, 0.15) is 0 Å². The van der Waals surface area contributed by atoms with Crippen LogP contribution in [0.2, 0.25) is 0 Å². The van der Waals surface area contributed by atoms with Gasteiger partial charge in [0.05, 0.1) is 9.75 Å². The highest BCUT2D eigenvalue weighted by Crippen LogP contribution is 2.51. The Bertz CT molecular complexity index is 784. The van der Waals surface area contributed by atoms with Gasteiger partial charge in [0.2, 0.25) is 0 Å². The van der Waals surface area contributed by atoms with Crippen LogP contribution in [0.25, 0.3) is 0 Å². The molecule has 0 aromatic heterocycles. The largest absolute Gasteiger partial charge is 0.515 e. The van der Waals surface area contributed by atoms with Crippen LogP contribution < -0.4 is 0 Å². The topological polar surface area (TPSA) is 55.4 Å². The van der Waals surface area contributed by atoms with Crippen LogP contribution in [-0.2, 0) is 26.6 Å². The lowest BCUT2D eigenvalue weighted by Gasteiger charge is -2.36. The van der Waals surface area contributed by atoms with Gasteiger partial charge >= 0.3 is 17.6 Å². The maximum Gasteiger partial charge on any atom is 0.515 e. The van der Waals surface area contributed by atoms with Gasteiger partial charge in [0.25, 0.3) is 0 Å². The summed E-state index contributed by atoms with van der Waals surface area (Å²) in [5, 5.41) is 0. The Balaban J connectivity index is 6.28. The van der Waals surface area contributed by atoms with Gasteiger partial charge in [-0.3, -0.25) is 0 Å². The van der Waals surface area contributed by atoms with Gasteiger partial charge < -0.3 is 26.6 Å². The third kappa shape index (κ3) is 38.2. The molecule has 398 valence electrons. The molecule has 0 heterocycles. The first-order valence-electron chi connectivity index (χ1n) is 29.0. The van der Waals surface area contributed by atoms with E-state index in [0.29, 0.717) is 0 Å². The first-order valence-corrected chi connectivity index (χ1v) is 37.5. The van der Waals surface area contributed by atoms with E-state index in [1.54, 1.807) is 0 Å². The van der Waals surface area contributed by atoms with E-state index in [0.717, 1.165) is 91.0 Å². The third-order valence-corrected chi connectivity index (χ3v) is 29.0. The second kappa shape index (κ2) is 52.9. The van der Waals surface area contributed by atoms with Crippen molar-refractivity contribution in [3.8, 4) is 0 Å². The predicted molar refractivity (Wildman–Crippen MR) is 306 cm³/mol. The lowest BCUT2D eigenvalue weighted by atomic mass is 10.1. The van der Waals surface area contributed by atoms with Gasteiger partial charge in [0.15, 0.2) is 0 Å². The highest BCUT2D eigenvalue weighted by atomic mass is 33.7. The van der Waals surface area contributed by atoms with Crippen LogP contribution in [0.5, 0.6) is 0 Å². The molecule has 0 radical (unpaired) electrons. The number of rotatable bonds is 57. The molecule has 0 fully saturated rings. The van der Waals surface area contributed by atoms with Crippen molar-refractivity contribution in [1.29, 1.82) is 0 Å². The van der Waals surface area contributed by atoms with Gasteiger partial charge in [-0.15, -0.1) is 0 Å². The summed E-state index contributed by atoms with van der Waals surface area (Å²) in [6.07, 6.45) is 47.0. The molecule has 0 N–H and O–H groups in total. The summed E-state index contributed by atoms with van der Waals surface area (Å²) in [6.45, 7) is 22.9. The van der Waals surface area contributed by atoms with Gasteiger partial charge in [-0.05, 0) is 71.0 Å². The Hall–Kier alpha value is 1.59. The van der Waals surface area contributed by atoms with Crippen LogP contribution in [0.1, 0.15) is 299 Å². The zero-order valence-electron chi connectivity index (χ0n) is 45.3. The molecule has 0 spiro atoms. The smallest absolute Gasteiger partial charge is 0.373 e. The van der Waals surface area contributed by atoms with Crippen LogP contribution in [0, 0.1) is 0 Å². The predicted octanol–water partition coefficient (Wildman–Crippen LogP) is 20.4. The third-order valence-electron chi connectivity index (χ3n) is 12.7. The fourth-order valence-corrected chi connectivity index (χ4v) is 26.0. The van der Waals surface area contributed by atoms with Crippen molar-refractivity contribution in [3.05, 3.63) is 0 Å². The van der Waals surface area contributed by atoms with Crippen molar-refractivity contribution in [3.63, 3.8) is 0 Å². The highest BCUT2D eigenvalue weighted by molar-refractivity contribution is 9.26. The molecule has 66 heavy (non-hydrogen) atoms. The maximum absolute atomic E-state index is 7.08. The Morgan fingerprint density at radius 1 is 0.242 bits per heavy atom.